The van der Waals surface area contributed by atoms with Crippen LogP contribution in [0.5, 0.6) is 11.5 Å². The molecule has 2 N–H and O–H groups in total. The molecule has 1 atom stereocenters. The third kappa shape index (κ3) is 6.45. The van der Waals surface area contributed by atoms with Gasteiger partial charge < -0.3 is 24.6 Å². The zero-order chi connectivity index (χ0) is 22.3. The van der Waals surface area contributed by atoms with E-state index in [9.17, 15) is 14.0 Å². The Kier molecular flexibility index (Phi) is 8.17. The van der Waals surface area contributed by atoms with Crippen molar-refractivity contribution in [3.8, 4) is 11.5 Å². The van der Waals surface area contributed by atoms with E-state index >= 15 is 0 Å². The van der Waals surface area contributed by atoms with Crippen molar-refractivity contribution in [1.82, 2.24) is 4.90 Å². The zero-order valence-electron chi connectivity index (χ0n) is 18.0. The molecule has 2 aromatic carbocycles. The molecule has 0 aromatic heterocycles. The van der Waals surface area contributed by atoms with Crippen LogP contribution in [0.25, 0.3) is 0 Å². The second-order valence-corrected chi connectivity index (χ2v) is 7.25. The Morgan fingerprint density at radius 2 is 1.77 bits per heavy atom. The lowest BCUT2D eigenvalue weighted by molar-refractivity contribution is -0.862. The van der Waals surface area contributed by atoms with Gasteiger partial charge in [0, 0.05) is 19.3 Å². The Balaban J connectivity index is 1.91. The van der Waals surface area contributed by atoms with Crippen molar-refractivity contribution < 1.29 is 28.4 Å². The quantitative estimate of drug-likeness (QED) is 0.643. The van der Waals surface area contributed by atoms with Crippen LogP contribution in [0.3, 0.4) is 0 Å². The van der Waals surface area contributed by atoms with Crippen LogP contribution in [-0.4, -0.2) is 58.1 Å². The summed E-state index contributed by atoms with van der Waals surface area (Å²) in [6.45, 7) is 2.60. The highest BCUT2D eigenvalue weighted by molar-refractivity contribution is 5.91. The number of hydrogen-bond acceptors (Lipinski definition) is 4. The fraction of sp³-hybridized carbons (Fsp3) is 0.364. The molecule has 1 unspecified atom stereocenters. The molecule has 2 amide bonds. The molecule has 2 rings (SSSR count). The van der Waals surface area contributed by atoms with Gasteiger partial charge in [-0.1, -0.05) is 6.07 Å². The standard InChI is InChI=1S/C22H28FN3O4/c1-15-9-19(29-4)20(30-5)10-16(15)12-26(3)22(28)14-25(2)13-21(27)24-18-8-6-7-17(23)11-18/h6-11H,12-14H2,1-5H3,(H,24,27)/p+1. The van der Waals surface area contributed by atoms with Crippen LogP contribution in [0.1, 0.15) is 11.1 Å². The van der Waals surface area contributed by atoms with Crippen molar-refractivity contribution >= 4 is 17.5 Å². The number of amides is 2. The molecule has 30 heavy (non-hydrogen) atoms. The summed E-state index contributed by atoms with van der Waals surface area (Å²) in [4.78, 5) is 27.1. The van der Waals surface area contributed by atoms with Crippen molar-refractivity contribution in [2.75, 3.05) is 46.7 Å². The normalized spacial score (nSPS) is 11.5. The van der Waals surface area contributed by atoms with Gasteiger partial charge in [0.25, 0.3) is 11.8 Å². The first-order valence-electron chi connectivity index (χ1n) is 9.55. The summed E-state index contributed by atoms with van der Waals surface area (Å²) in [6, 6.07) is 9.43. The molecule has 0 aliphatic heterocycles. The summed E-state index contributed by atoms with van der Waals surface area (Å²) >= 11 is 0. The topological polar surface area (TPSA) is 72.3 Å². The fourth-order valence-electron chi connectivity index (χ4n) is 3.04. The molecular formula is C22H29FN3O4+. The van der Waals surface area contributed by atoms with E-state index in [0.29, 0.717) is 23.7 Å². The summed E-state index contributed by atoms with van der Waals surface area (Å²) in [6.07, 6.45) is 0. The Hall–Kier alpha value is -3.13. The lowest BCUT2D eigenvalue weighted by Gasteiger charge is -2.21. The molecule has 0 aliphatic carbocycles. The second-order valence-electron chi connectivity index (χ2n) is 7.25. The Morgan fingerprint density at radius 3 is 2.40 bits per heavy atom. The molecule has 0 saturated carbocycles. The van der Waals surface area contributed by atoms with Crippen LogP contribution >= 0.6 is 0 Å². The van der Waals surface area contributed by atoms with Gasteiger partial charge in [0.15, 0.2) is 24.6 Å². The number of nitrogens with one attached hydrogen (secondary N) is 2. The number of benzene rings is 2. The van der Waals surface area contributed by atoms with Gasteiger partial charge in [-0.3, -0.25) is 9.59 Å². The minimum Gasteiger partial charge on any atom is -0.493 e. The largest absolute Gasteiger partial charge is 0.493 e. The van der Waals surface area contributed by atoms with E-state index in [4.69, 9.17) is 9.47 Å². The Bertz CT molecular complexity index is 904. The van der Waals surface area contributed by atoms with Crippen LogP contribution in [0.15, 0.2) is 36.4 Å². The predicted molar refractivity (Wildman–Crippen MR) is 112 cm³/mol. The average Bonchev–Trinajstić information content (AvgIpc) is 2.68. The van der Waals surface area contributed by atoms with E-state index < -0.39 is 5.82 Å². The van der Waals surface area contributed by atoms with E-state index in [0.717, 1.165) is 16.0 Å². The summed E-state index contributed by atoms with van der Waals surface area (Å²) in [5, 5.41) is 2.64. The molecular weight excluding hydrogens is 389 g/mol. The number of likely N-dealkylation sites (N-methyl/N-ethyl adjacent to an activating group) is 2. The van der Waals surface area contributed by atoms with Gasteiger partial charge in [-0.15, -0.1) is 0 Å². The van der Waals surface area contributed by atoms with Gasteiger partial charge in [0.1, 0.15) is 5.82 Å². The first-order chi connectivity index (χ1) is 14.2. The number of ether oxygens (including phenoxy) is 2. The smallest absolute Gasteiger partial charge is 0.279 e. The number of aryl methyl sites for hydroxylation is 1. The number of carbonyl (C=O) groups is 2. The highest BCUT2D eigenvalue weighted by Crippen LogP contribution is 2.30. The van der Waals surface area contributed by atoms with Crippen LogP contribution in [0.4, 0.5) is 10.1 Å². The lowest BCUT2D eigenvalue weighted by Crippen LogP contribution is -3.11. The monoisotopic (exact) mass is 418 g/mol. The SMILES string of the molecule is COc1cc(C)c(CN(C)C(=O)C[NH+](C)CC(=O)Nc2cccc(F)c2)cc1OC. The number of anilines is 1. The first kappa shape index (κ1) is 23.2. The van der Waals surface area contributed by atoms with E-state index in [2.05, 4.69) is 5.32 Å². The maximum atomic E-state index is 13.2. The van der Waals surface area contributed by atoms with E-state index in [1.807, 2.05) is 19.1 Å². The molecule has 0 saturated heterocycles. The van der Waals surface area contributed by atoms with Gasteiger partial charge in [-0.25, -0.2) is 4.39 Å². The van der Waals surface area contributed by atoms with Crippen molar-refractivity contribution in [3.63, 3.8) is 0 Å². The van der Waals surface area contributed by atoms with Crippen molar-refractivity contribution in [3.05, 3.63) is 53.3 Å². The van der Waals surface area contributed by atoms with Crippen LogP contribution < -0.4 is 19.7 Å². The fourth-order valence-corrected chi connectivity index (χ4v) is 3.04. The molecule has 2 aromatic rings. The molecule has 7 nitrogen and oxygen atoms in total. The van der Waals surface area contributed by atoms with Crippen molar-refractivity contribution in [2.45, 2.75) is 13.5 Å². The number of methoxy groups -OCH3 is 2. The third-order valence-corrected chi connectivity index (χ3v) is 4.70. The van der Waals surface area contributed by atoms with Crippen LogP contribution in [0, 0.1) is 12.7 Å². The molecule has 8 heteroatoms. The van der Waals surface area contributed by atoms with E-state index in [-0.39, 0.29) is 24.9 Å². The van der Waals surface area contributed by atoms with Gasteiger partial charge in [-0.2, -0.15) is 0 Å². The van der Waals surface area contributed by atoms with Gasteiger partial charge in [0.2, 0.25) is 0 Å². The molecule has 0 radical (unpaired) electrons. The maximum absolute atomic E-state index is 13.2. The molecule has 0 aliphatic rings. The number of quaternary nitrogens is 1. The van der Waals surface area contributed by atoms with Gasteiger partial charge >= 0.3 is 0 Å². The van der Waals surface area contributed by atoms with Crippen molar-refractivity contribution in [1.29, 1.82) is 0 Å². The highest BCUT2D eigenvalue weighted by Gasteiger charge is 2.19. The number of rotatable bonds is 9. The van der Waals surface area contributed by atoms with Crippen LogP contribution in [-0.2, 0) is 16.1 Å². The zero-order valence-corrected chi connectivity index (χ0v) is 18.0. The summed E-state index contributed by atoms with van der Waals surface area (Å²) in [5.41, 5.74) is 2.33. The number of nitrogens with zero attached hydrogens (tertiary/aromatic N) is 1. The van der Waals surface area contributed by atoms with Crippen LogP contribution in [0.2, 0.25) is 0 Å². The Labute approximate surface area is 176 Å². The molecule has 0 fully saturated rings. The molecule has 0 bridgehead atoms. The van der Waals surface area contributed by atoms with E-state index in [1.54, 1.807) is 39.3 Å². The average molecular weight is 418 g/mol. The van der Waals surface area contributed by atoms with Gasteiger partial charge in [0.05, 0.1) is 21.3 Å². The number of carbonyl (C=O) groups excluding carboxylic acids is 2. The third-order valence-electron chi connectivity index (χ3n) is 4.70. The summed E-state index contributed by atoms with van der Waals surface area (Å²) in [7, 11) is 6.63. The highest BCUT2D eigenvalue weighted by atomic mass is 19.1. The predicted octanol–water partition coefficient (Wildman–Crippen LogP) is 1.26. The minimum absolute atomic E-state index is 0.0888. The first-order valence-corrected chi connectivity index (χ1v) is 9.55. The maximum Gasteiger partial charge on any atom is 0.279 e. The minimum atomic E-state index is -0.421. The number of hydrogen-bond donors (Lipinski definition) is 2. The molecule has 162 valence electrons. The summed E-state index contributed by atoms with van der Waals surface area (Å²) < 4.78 is 23.9. The second kappa shape index (κ2) is 10.6. The summed E-state index contributed by atoms with van der Waals surface area (Å²) in [5.74, 6) is 0.442. The van der Waals surface area contributed by atoms with Crippen molar-refractivity contribution in [2.24, 2.45) is 0 Å². The Morgan fingerprint density at radius 1 is 1.10 bits per heavy atom. The number of halogens is 1. The lowest BCUT2D eigenvalue weighted by atomic mass is 10.1. The van der Waals surface area contributed by atoms with Gasteiger partial charge in [-0.05, 0) is 48.4 Å². The molecule has 0 heterocycles. The van der Waals surface area contributed by atoms with E-state index in [1.165, 1.54) is 18.2 Å². The molecule has 0 spiro atoms.